The normalized spacial score (nSPS) is 13.9. The molecule has 0 aliphatic carbocycles. The maximum atomic E-state index is 12.6. The van der Waals surface area contributed by atoms with Crippen molar-refractivity contribution < 1.29 is 37.6 Å². The monoisotopic (exact) mass is 808 g/mol. The Bertz CT molecular complexity index is 1100. The number of rotatable bonds is 41. The summed E-state index contributed by atoms with van der Waals surface area (Å²) in [7, 11) is -2.67. The van der Waals surface area contributed by atoms with Crippen molar-refractivity contribution >= 4 is 19.8 Å². The molecule has 0 rings (SSSR count). The highest BCUT2D eigenvalue weighted by molar-refractivity contribution is 7.47. The molecule has 324 valence electrons. The van der Waals surface area contributed by atoms with Crippen LogP contribution in [0.5, 0.6) is 0 Å². The van der Waals surface area contributed by atoms with Gasteiger partial charge in [0, 0.05) is 19.4 Å². The summed E-state index contributed by atoms with van der Waals surface area (Å²) in [6.07, 6.45) is 48.3. The van der Waals surface area contributed by atoms with Crippen LogP contribution in [0.4, 0.5) is 0 Å². The third-order valence-corrected chi connectivity index (χ3v) is 10.1. The zero-order valence-corrected chi connectivity index (χ0v) is 36.7. The molecular weight excluding hydrogens is 725 g/mol. The minimum atomic E-state index is -4.36. The van der Waals surface area contributed by atoms with Crippen molar-refractivity contribution in [2.24, 2.45) is 0 Å². The first kappa shape index (κ1) is 53.7. The van der Waals surface area contributed by atoms with Gasteiger partial charge in [-0.25, -0.2) is 4.57 Å². The van der Waals surface area contributed by atoms with Gasteiger partial charge in [0.2, 0.25) is 0 Å². The standard InChI is InChI=1S/C46H82NO8P/c1-4-6-8-10-12-14-16-18-20-21-22-23-25-26-28-30-32-34-36-38-45(48)52-42-44(43-54-56(50,51)53-41-40-47-3)55-46(49)39-37-35-33-31-29-27-24-19-17-15-13-11-9-7-5-2/h12,14-15,17-18,20,22-23,26,28,44,47H,4-11,13,16,19,21,24-25,27,29-43H2,1-3H3,(H,50,51)/b14-12-,17-15-,20-18-,23-22-,28-26-. The Morgan fingerprint density at radius 1 is 0.554 bits per heavy atom. The number of unbranched alkanes of at least 4 members (excludes halogenated alkanes) is 17. The lowest BCUT2D eigenvalue weighted by atomic mass is 10.1. The number of nitrogens with one attached hydrogen (secondary N) is 1. The van der Waals surface area contributed by atoms with E-state index in [-0.39, 0.29) is 26.1 Å². The van der Waals surface area contributed by atoms with E-state index in [0.717, 1.165) is 64.2 Å². The van der Waals surface area contributed by atoms with Crippen LogP contribution in [0.3, 0.4) is 0 Å². The molecule has 10 heteroatoms. The van der Waals surface area contributed by atoms with Gasteiger partial charge in [0.15, 0.2) is 6.10 Å². The summed E-state index contributed by atoms with van der Waals surface area (Å²) in [5, 5.41) is 2.82. The van der Waals surface area contributed by atoms with Gasteiger partial charge in [-0.3, -0.25) is 18.6 Å². The van der Waals surface area contributed by atoms with Gasteiger partial charge >= 0.3 is 19.8 Å². The number of carbonyl (C=O) groups excluding carboxylic acids is 2. The molecule has 56 heavy (non-hydrogen) atoms. The molecular formula is C46H82NO8P. The van der Waals surface area contributed by atoms with E-state index in [0.29, 0.717) is 19.4 Å². The fourth-order valence-corrected chi connectivity index (χ4v) is 6.46. The molecule has 2 N–H and O–H groups in total. The molecule has 0 amide bonds. The Hall–Kier alpha value is -2.29. The van der Waals surface area contributed by atoms with Crippen molar-refractivity contribution in [2.45, 2.75) is 187 Å². The Kier molecular flexibility index (Phi) is 40.6. The van der Waals surface area contributed by atoms with Crippen LogP contribution < -0.4 is 5.32 Å². The van der Waals surface area contributed by atoms with Crippen molar-refractivity contribution in [1.29, 1.82) is 0 Å². The van der Waals surface area contributed by atoms with Gasteiger partial charge in [0.05, 0.1) is 13.2 Å². The summed E-state index contributed by atoms with van der Waals surface area (Å²) < 4.78 is 33.2. The summed E-state index contributed by atoms with van der Waals surface area (Å²) in [5.74, 6) is -0.850. The highest BCUT2D eigenvalue weighted by Gasteiger charge is 2.26. The minimum absolute atomic E-state index is 0.0254. The van der Waals surface area contributed by atoms with Gasteiger partial charge in [-0.2, -0.15) is 0 Å². The third-order valence-electron chi connectivity index (χ3n) is 9.11. The summed E-state index contributed by atoms with van der Waals surface area (Å²) in [6, 6.07) is 0. The minimum Gasteiger partial charge on any atom is -0.462 e. The van der Waals surface area contributed by atoms with Crippen LogP contribution in [0.2, 0.25) is 0 Å². The number of likely N-dealkylation sites (N-methyl/N-ethyl adjacent to an activating group) is 1. The van der Waals surface area contributed by atoms with Crippen molar-refractivity contribution in [2.75, 3.05) is 33.4 Å². The van der Waals surface area contributed by atoms with Crippen LogP contribution in [0, 0.1) is 0 Å². The predicted octanol–water partition coefficient (Wildman–Crippen LogP) is 12.8. The van der Waals surface area contributed by atoms with Crippen molar-refractivity contribution in [1.82, 2.24) is 5.32 Å². The number of allylic oxidation sites excluding steroid dienone is 10. The van der Waals surface area contributed by atoms with Crippen LogP contribution in [0.25, 0.3) is 0 Å². The quantitative estimate of drug-likeness (QED) is 0.0269. The average molecular weight is 808 g/mol. The topological polar surface area (TPSA) is 120 Å². The molecule has 0 radical (unpaired) electrons. The van der Waals surface area contributed by atoms with Gasteiger partial charge in [-0.1, -0.05) is 145 Å². The lowest BCUT2D eigenvalue weighted by Gasteiger charge is -2.20. The van der Waals surface area contributed by atoms with Crippen molar-refractivity contribution in [3.8, 4) is 0 Å². The first-order chi connectivity index (χ1) is 27.3. The molecule has 2 atom stereocenters. The van der Waals surface area contributed by atoms with Crippen molar-refractivity contribution in [3.05, 3.63) is 60.8 Å². The second-order valence-electron chi connectivity index (χ2n) is 14.5. The lowest BCUT2D eigenvalue weighted by molar-refractivity contribution is -0.161. The third kappa shape index (κ3) is 41.3. The molecule has 0 heterocycles. The second kappa shape index (κ2) is 42.3. The molecule has 0 bridgehead atoms. The van der Waals surface area contributed by atoms with Crippen LogP contribution in [-0.2, 0) is 32.7 Å². The average Bonchev–Trinajstić information content (AvgIpc) is 3.18. The highest BCUT2D eigenvalue weighted by Crippen LogP contribution is 2.43. The second-order valence-corrected chi connectivity index (χ2v) is 16.0. The van der Waals surface area contributed by atoms with E-state index in [1.54, 1.807) is 7.05 Å². The van der Waals surface area contributed by atoms with E-state index in [4.69, 9.17) is 18.5 Å². The number of carbonyl (C=O) groups is 2. The Morgan fingerprint density at radius 3 is 1.50 bits per heavy atom. The molecule has 0 fully saturated rings. The number of hydrogen-bond donors (Lipinski definition) is 2. The number of phosphoric ester groups is 1. The Morgan fingerprint density at radius 2 is 0.964 bits per heavy atom. The van der Waals surface area contributed by atoms with E-state index in [2.05, 4.69) is 79.9 Å². The van der Waals surface area contributed by atoms with E-state index in [9.17, 15) is 19.0 Å². The lowest BCUT2D eigenvalue weighted by Crippen LogP contribution is -2.29. The molecule has 0 aromatic carbocycles. The summed E-state index contributed by atoms with van der Waals surface area (Å²) >= 11 is 0. The first-order valence-electron chi connectivity index (χ1n) is 22.2. The molecule has 0 saturated carbocycles. The SMILES string of the molecule is CCCCC/C=C\C/C=C\C/C=C\C/C=C\CCCCCC(=O)OCC(COP(=O)(O)OCCNC)OC(=O)CCCCCCCCC/C=C\CCCCCC. The van der Waals surface area contributed by atoms with E-state index in [1.165, 1.54) is 77.0 Å². The largest absolute Gasteiger partial charge is 0.472 e. The molecule has 0 aliphatic heterocycles. The number of ether oxygens (including phenoxy) is 2. The van der Waals surface area contributed by atoms with Gasteiger partial charge in [-0.15, -0.1) is 0 Å². The van der Waals surface area contributed by atoms with E-state index < -0.39 is 32.5 Å². The van der Waals surface area contributed by atoms with Crippen molar-refractivity contribution in [3.63, 3.8) is 0 Å². The van der Waals surface area contributed by atoms with Crippen LogP contribution in [0.1, 0.15) is 181 Å². The highest BCUT2D eigenvalue weighted by atomic mass is 31.2. The maximum absolute atomic E-state index is 12.6. The van der Waals surface area contributed by atoms with Crippen LogP contribution >= 0.6 is 7.82 Å². The Balaban J connectivity index is 4.29. The van der Waals surface area contributed by atoms with E-state index in [1.807, 2.05) is 0 Å². The van der Waals surface area contributed by atoms with Crippen LogP contribution in [-0.4, -0.2) is 56.3 Å². The Labute approximate surface area is 342 Å². The molecule has 2 unspecified atom stereocenters. The summed E-state index contributed by atoms with van der Waals surface area (Å²) in [5.41, 5.74) is 0. The molecule has 0 aromatic rings. The maximum Gasteiger partial charge on any atom is 0.472 e. The molecule has 0 spiro atoms. The van der Waals surface area contributed by atoms with E-state index >= 15 is 0 Å². The fourth-order valence-electron chi connectivity index (χ4n) is 5.71. The summed E-state index contributed by atoms with van der Waals surface area (Å²) in [4.78, 5) is 35.1. The smallest absolute Gasteiger partial charge is 0.462 e. The molecule has 9 nitrogen and oxygen atoms in total. The predicted molar refractivity (Wildman–Crippen MR) is 234 cm³/mol. The number of hydrogen-bond acceptors (Lipinski definition) is 8. The fraction of sp³-hybridized carbons (Fsp3) is 0.739. The number of esters is 2. The van der Waals surface area contributed by atoms with Gasteiger partial charge < -0.3 is 19.7 Å². The zero-order valence-electron chi connectivity index (χ0n) is 35.8. The zero-order chi connectivity index (χ0) is 41.1. The van der Waals surface area contributed by atoms with Gasteiger partial charge in [0.1, 0.15) is 6.61 Å². The van der Waals surface area contributed by atoms with Gasteiger partial charge in [0.25, 0.3) is 0 Å². The number of phosphoric acid groups is 1. The van der Waals surface area contributed by atoms with Gasteiger partial charge in [-0.05, 0) is 90.5 Å². The molecule has 0 aromatic heterocycles. The molecule has 0 saturated heterocycles. The molecule has 0 aliphatic rings. The first-order valence-corrected chi connectivity index (χ1v) is 23.7. The summed E-state index contributed by atoms with van der Waals surface area (Å²) in [6.45, 7) is 4.14. The van der Waals surface area contributed by atoms with Crippen LogP contribution in [0.15, 0.2) is 60.8 Å².